The van der Waals surface area contributed by atoms with Crippen LogP contribution in [0.1, 0.15) is 24.0 Å². The third-order valence-corrected chi connectivity index (χ3v) is 3.79. The van der Waals surface area contributed by atoms with Crippen LogP contribution >= 0.6 is 0 Å². The number of aliphatic hydroxyl groups is 2. The van der Waals surface area contributed by atoms with Crippen molar-refractivity contribution in [3.63, 3.8) is 0 Å². The number of aryl methyl sites for hydroxylation is 2. The quantitative estimate of drug-likeness (QED) is 0.857. The van der Waals surface area contributed by atoms with Crippen LogP contribution in [0.15, 0.2) is 18.2 Å². The average molecular weight is 279 g/mol. The predicted molar refractivity (Wildman–Crippen MR) is 79.1 cm³/mol. The molecule has 112 valence electrons. The first-order chi connectivity index (χ1) is 9.54. The minimum atomic E-state index is -0.494. The Bertz CT molecular complexity index is 428. The van der Waals surface area contributed by atoms with Crippen LogP contribution in [-0.4, -0.2) is 53.6 Å². The minimum absolute atomic E-state index is 0.171. The molecule has 0 bridgehead atoms. The van der Waals surface area contributed by atoms with Crippen LogP contribution in [0.5, 0.6) is 5.75 Å². The first-order valence-corrected chi connectivity index (χ1v) is 7.33. The number of hydrogen-bond donors (Lipinski definition) is 2. The molecule has 20 heavy (non-hydrogen) atoms. The fourth-order valence-corrected chi connectivity index (χ4v) is 2.60. The van der Waals surface area contributed by atoms with Gasteiger partial charge in [0.1, 0.15) is 18.5 Å². The highest BCUT2D eigenvalue weighted by Gasteiger charge is 2.19. The Balaban J connectivity index is 1.76. The second-order valence-electron chi connectivity index (χ2n) is 5.77. The predicted octanol–water partition coefficient (Wildman–Crippen LogP) is 1.50. The van der Waals surface area contributed by atoms with E-state index in [1.54, 1.807) is 0 Å². The fraction of sp³-hybridized carbons (Fsp3) is 0.625. The highest BCUT2D eigenvalue weighted by Crippen LogP contribution is 2.19. The number of aliphatic hydroxyl groups excluding tert-OH is 2. The molecule has 1 aliphatic rings. The molecular weight excluding hydrogens is 254 g/mol. The van der Waals surface area contributed by atoms with Crippen molar-refractivity contribution in [1.29, 1.82) is 0 Å². The number of β-amino-alcohol motifs (C(OH)–C–C–N with tert-alkyl or cyclic N) is 1. The smallest absolute Gasteiger partial charge is 0.122 e. The summed E-state index contributed by atoms with van der Waals surface area (Å²) in [5.74, 6) is 0.837. The van der Waals surface area contributed by atoms with Crippen LogP contribution in [0.3, 0.4) is 0 Å². The second kappa shape index (κ2) is 7.07. The molecule has 0 aliphatic carbocycles. The van der Waals surface area contributed by atoms with Crippen LogP contribution < -0.4 is 4.74 Å². The lowest BCUT2D eigenvalue weighted by molar-refractivity contribution is 0.0336. The molecule has 0 amide bonds. The topological polar surface area (TPSA) is 52.9 Å². The molecule has 0 spiro atoms. The van der Waals surface area contributed by atoms with E-state index in [0.29, 0.717) is 13.2 Å². The Labute approximate surface area is 121 Å². The molecule has 0 aromatic heterocycles. The maximum absolute atomic E-state index is 10.0. The molecule has 4 heteroatoms. The maximum Gasteiger partial charge on any atom is 0.122 e. The third-order valence-electron chi connectivity index (χ3n) is 3.79. The molecule has 2 N–H and O–H groups in total. The highest BCUT2D eigenvalue weighted by atomic mass is 16.5. The highest BCUT2D eigenvalue weighted by molar-refractivity contribution is 5.35. The zero-order valence-electron chi connectivity index (χ0n) is 12.4. The molecule has 1 heterocycles. The van der Waals surface area contributed by atoms with E-state index in [-0.39, 0.29) is 6.10 Å². The van der Waals surface area contributed by atoms with E-state index in [1.165, 1.54) is 5.56 Å². The van der Waals surface area contributed by atoms with Gasteiger partial charge in [-0.15, -0.1) is 0 Å². The van der Waals surface area contributed by atoms with Crippen LogP contribution in [0.4, 0.5) is 0 Å². The Morgan fingerprint density at radius 1 is 1.30 bits per heavy atom. The van der Waals surface area contributed by atoms with Gasteiger partial charge >= 0.3 is 0 Å². The van der Waals surface area contributed by atoms with Gasteiger partial charge in [-0.1, -0.05) is 17.7 Å². The van der Waals surface area contributed by atoms with Gasteiger partial charge in [0.2, 0.25) is 0 Å². The molecule has 1 fully saturated rings. The van der Waals surface area contributed by atoms with Gasteiger partial charge in [0, 0.05) is 19.6 Å². The van der Waals surface area contributed by atoms with Gasteiger partial charge in [-0.2, -0.15) is 0 Å². The summed E-state index contributed by atoms with van der Waals surface area (Å²) in [6, 6.07) is 6.04. The van der Waals surface area contributed by atoms with Crippen molar-refractivity contribution in [2.75, 3.05) is 26.2 Å². The van der Waals surface area contributed by atoms with E-state index in [9.17, 15) is 10.2 Å². The summed E-state index contributed by atoms with van der Waals surface area (Å²) >= 11 is 0. The van der Waals surface area contributed by atoms with Crippen molar-refractivity contribution in [1.82, 2.24) is 4.90 Å². The minimum Gasteiger partial charge on any atom is -0.491 e. The van der Waals surface area contributed by atoms with Gasteiger partial charge in [0.05, 0.1) is 6.10 Å². The van der Waals surface area contributed by atoms with Crippen molar-refractivity contribution >= 4 is 0 Å². The van der Waals surface area contributed by atoms with Crippen LogP contribution in [0, 0.1) is 13.8 Å². The lowest BCUT2D eigenvalue weighted by Crippen LogP contribution is -2.41. The Kier molecular flexibility index (Phi) is 5.40. The number of benzene rings is 1. The third kappa shape index (κ3) is 4.47. The molecule has 1 unspecified atom stereocenters. The van der Waals surface area contributed by atoms with E-state index < -0.39 is 6.10 Å². The largest absolute Gasteiger partial charge is 0.491 e. The van der Waals surface area contributed by atoms with E-state index in [0.717, 1.165) is 37.2 Å². The van der Waals surface area contributed by atoms with Crippen molar-refractivity contribution in [3.05, 3.63) is 29.3 Å². The summed E-state index contributed by atoms with van der Waals surface area (Å²) in [5.41, 5.74) is 2.31. The van der Waals surface area contributed by atoms with Crippen molar-refractivity contribution in [3.8, 4) is 5.75 Å². The summed E-state index contributed by atoms with van der Waals surface area (Å²) in [4.78, 5) is 2.18. The molecule has 1 atom stereocenters. The first kappa shape index (κ1) is 15.3. The van der Waals surface area contributed by atoms with Crippen molar-refractivity contribution in [2.24, 2.45) is 0 Å². The number of likely N-dealkylation sites (tertiary alicyclic amines) is 1. The average Bonchev–Trinajstić information content (AvgIpc) is 2.40. The second-order valence-corrected chi connectivity index (χ2v) is 5.77. The summed E-state index contributed by atoms with van der Waals surface area (Å²) in [6.07, 6.45) is 0.927. The zero-order chi connectivity index (χ0) is 14.5. The van der Waals surface area contributed by atoms with E-state index in [2.05, 4.69) is 17.9 Å². The Hall–Kier alpha value is -1.10. The van der Waals surface area contributed by atoms with Crippen LogP contribution in [-0.2, 0) is 0 Å². The summed E-state index contributed by atoms with van der Waals surface area (Å²) in [6.45, 7) is 6.68. The zero-order valence-corrected chi connectivity index (χ0v) is 12.4. The first-order valence-electron chi connectivity index (χ1n) is 7.33. The molecule has 4 nitrogen and oxygen atoms in total. The number of hydrogen-bond acceptors (Lipinski definition) is 4. The molecule has 1 aromatic carbocycles. The van der Waals surface area contributed by atoms with Gasteiger partial charge in [-0.25, -0.2) is 0 Å². The molecule has 0 radical (unpaired) electrons. The molecule has 1 aliphatic heterocycles. The molecular formula is C16H25NO3. The standard InChI is InChI=1S/C16H25NO3/c1-12-3-4-16(13(2)9-12)20-11-15(19)10-17-7-5-14(18)6-8-17/h3-4,9,14-15,18-19H,5-8,10-11H2,1-2H3. The number of nitrogens with zero attached hydrogens (tertiary/aromatic N) is 1. The van der Waals surface area contributed by atoms with Gasteiger partial charge in [0.25, 0.3) is 0 Å². The van der Waals surface area contributed by atoms with Gasteiger partial charge < -0.3 is 19.8 Å². The fourth-order valence-electron chi connectivity index (χ4n) is 2.60. The molecule has 0 saturated carbocycles. The van der Waals surface area contributed by atoms with Crippen molar-refractivity contribution in [2.45, 2.75) is 38.9 Å². The van der Waals surface area contributed by atoms with E-state index >= 15 is 0 Å². The molecule has 1 saturated heterocycles. The number of rotatable bonds is 5. The van der Waals surface area contributed by atoms with E-state index in [4.69, 9.17) is 4.74 Å². The number of piperidine rings is 1. The van der Waals surface area contributed by atoms with E-state index in [1.807, 2.05) is 19.1 Å². The Morgan fingerprint density at radius 3 is 2.65 bits per heavy atom. The molecule has 1 aromatic rings. The summed E-state index contributed by atoms with van der Waals surface area (Å²) < 4.78 is 5.69. The number of ether oxygens (including phenoxy) is 1. The lowest BCUT2D eigenvalue weighted by atomic mass is 10.1. The van der Waals surface area contributed by atoms with Crippen molar-refractivity contribution < 1.29 is 14.9 Å². The SMILES string of the molecule is Cc1ccc(OCC(O)CN2CCC(O)CC2)c(C)c1. The summed E-state index contributed by atoms with van der Waals surface area (Å²) in [5, 5.41) is 19.5. The monoisotopic (exact) mass is 279 g/mol. The summed E-state index contributed by atoms with van der Waals surface area (Å²) in [7, 11) is 0. The van der Waals surface area contributed by atoms with Crippen LogP contribution in [0.2, 0.25) is 0 Å². The van der Waals surface area contributed by atoms with Gasteiger partial charge in [0.15, 0.2) is 0 Å². The maximum atomic E-state index is 10.0. The normalized spacial score (nSPS) is 19.0. The van der Waals surface area contributed by atoms with Gasteiger partial charge in [-0.3, -0.25) is 0 Å². The van der Waals surface area contributed by atoms with Crippen LogP contribution in [0.25, 0.3) is 0 Å². The molecule has 2 rings (SSSR count). The Morgan fingerprint density at radius 2 is 2.00 bits per heavy atom. The lowest BCUT2D eigenvalue weighted by Gasteiger charge is -2.30. The van der Waals surface area contributed by atoms with Gasteiger partial charge in [-0.05, 0) is 38.3 Å².